The third-order valence-corrected chi connectivity index (χ3v) is 6.50. The number of benzene rings is 3. The molecule has 182 valence electrons. The number of anilines is 1. The summed E-state index contributed by atoms with van der Waals surface area (Å²) >= 11 is 12.2. The van der Waals surface area contributed by atoms with Gasteiger partial charge in [-0.3, -0.25) is 14.8 Å². The second kappa shape index (κ2) is 9.97. The highest BCUT2D eigenvalue weighted by Gasteiger charge is 2.27. The number of H-pyrrole nitrogens is 2. The number of halogens is 2. The van der Waals surface area contributed by atoms with Crippen molar-refractivity contribution >= 4 is 34.7 Å². The molecule has 0 saturated carbocycles. The summed E-state index contributed by atoms with van der Waals surface area (Å²) in [5, 5.41) is 4.25. The Kier molecular flexibility index (Phi) is 6.59. The molecule has 0 aliphatic carbocycles. The van der Waals surface area contributed by atoms with Crippen LogP contribution in [0.2, 0.25) is 10.0 Å². The topological polar surface area (TPSA) is 96.2 Å². The van der Waals surface area contributed by atoms with Gasteiger partial charge in [-0.1, -0.05) is 65.7 Å². The summed E-state index contributed by atoms with van der Waals surface area (Å²) in [7, 11) is 1.55. The van der Waals surface area contributed by atoms with Crippen molar-refractivity contribution in [2.75, 3.05) is 12.4 Å². The maximum atomic E-state index is 12.8. The fraction of sp³-hybridized carbons (Fsp3) is 0.111. The maximum Gasteiger partial charge on any atom is 0.327 e. The minimum Gasteiger partial charge on any atom is -0.493 e. The van der Waals surface area contributed by atoms with Crippen LogP contribution in [-0.2, 0) is 6.61 Å². The minimum absolute atomic E-state index is 0.223. The van der Waals surface area contributed by atoms with Crippen molar-refractivity contribution in [2.24, 2.45) is 0 Å². The number of fused-ring (bicyclic) bond motifs is 1. The maximum absolute atomic E-state index is 12.8. The molecular weight excluding hydrogens is 501 g/mol. The lowest BCUT2D eigenvalue weighted by Gasteiger charge is -2.25. The molecule has 1 unspecified atom stereocenters. The third kappa shape index (κ3) is 4.76. The molecule has 9 heteroatoms. The lowest BCUT2D eigenvalue weighted by atomic mass is 9.88. The van der Waals surface area contributed by atoms with Crippen LogP contribution < -0.4 is 26.0 Å². The first-order valence-electron chi connectivity index (χ1n) is 11.1. The van der Waals surface area contributed by atoms with Gasteiger partial charge in [0.2, 0.25) is 0 Å². The molecule has 0 radical (unpaired) electrons. The van der Waals surface area contributed by atoms with Crippen molar-refractivity contribution in [2.45, 2.75) is 12.5 Å². The van der Waals surface area contributed by atoms with E-state index >= 15 is 0 Å². The van der Waals surface area contributed by atoms with E-state index in [2.05, 4.69) is 15.3 Å². The van der Waals surface area contributed by atoms with Crippen molar-refractivity contribution < 1.29 is 9.47 Å². The largest absolute Gasteiger partial charge is 0.493 e. The molecule has 7 nitrogen and oxygen atoms in total. The summed E-state index contributed by atoms with van der Waals surface area (Å²) in [4.78, 5) is 29.9. The molecule has 3 aromatic carbocycles. The Bertz CT molecular complexity index is 1580. The fourth-order valence-corrected chi connectivity index (χ4v) is 4.62. The Hall–Kier alpha value is -3.94. The van der Waals surface area contributed by atoms with Gasteiger partial charge in [-0.15, -0.1) is 0 Å². The van der Waals surface area contributed by atoms with Gasteiger partial charge in [0, 0.05) is 27.2 Å². The quantitative estimate of drug-likeness (QED) is 0.308. The molecule has 0 amide bonds. The number of nitrogens with one attached hydrogen (secondary N) is 3. The molecule has 36 heavy (non-hydrogen) atoms. The van der Waals surface area contributed by atoms with Gasteiger partial charge < -0.3 is 14.8 Å². The number of allylic oxidation sites excluding steroid dienone is 1. The van der Waals surface area contributed by atoms with Crippen molar-refractivity contribution in [1.29, 1.82) is 0 Å². The standard InChI is InChI=1S/C27H21Cl2N3O4/c1-35-23-11-16(8-10-22(23)36-14-17-7-9-18(28)12-20(17)29)19-13-21(15-5-3-2-4-6-15)30-25-24(19)26(33)32-27(34)31-25/h2-13,19H,14H2,1H3,(H3,30,31,32,33,34). The van der Waals surface area contributed by atoms with E-state index in [1.807, 2.05) is 48.5 Å². The third-order valence-electron chi connectivity index (χ3n) is 5.91. The van der Waals surface area contributed by atoms with E-state index in [0.29, 0.717) is 32.9 Å². The van der Waals surface area contributed by atoms with Gasteiger partial charge in [-0.25, -0.2) is 4.79 Å². The average molecular weight is 522 g/mol. The summed E-state index contributed by atoms with van der Waals surface area (Å²) in [5.41, 5.74) is 2.61. The van der Waals surface area contributed by atoms with E-state index in [-0.39, 0.29) is 6.61 Å². The minimum atomic E-state index is -0.582. The van der Waals surface area contributed by atoms with E-state index in [1.165, 1.54) is 0 Å². The Morgan fingerprint density at radius 2 is 1.72 bits per heavy atom. The number of hydrogen-bond acceptors (Lipinski definition) is 5. The Labute approximate surface area is 216 Å². The highest BCUT2D eigenvalue weighted by Crippen LogP contribution is 2.39. The summed E-state index contributed by atoms with van der Waals surface area (Å²) in [6.45, 7) is 0.223. The number of aromatic nitrogens is 2. The van der Waals surface area contributed by atoms with E-state index < -0.39 is 17.2 Å². The van der Waals surface area contributed by atoms with Crippen LogP contribution in [0.25, 0.3) is 5.70 Å². The zero-order valence-electron chi connectivity index (χ0n) is 19.1. The molecule has 2 heterocycles. The van der Waals surface area contributed by atoms with Crippen LogP contribution in [0.1, 0.15) is 28.2 Å². The molecule has 4 aromatic rings. The van der Waals surface area contributed by atoms with Crippen molar-refractivity contribution in [3.63, 3.8) is 0 Å². The number of methoxy groups -OCH3 is 1. The highest BCUT2D eigenvalue weighted by molar-refractivity contribution is 6.35. The zero-order chi connectivity index (χ0) is 25.2. The molecule has 0 saturated heterocycles. The SMILES string of the molecule is COc1cc(C2C=C(c3ccccc3)Nc3[nH]c(=O)[nH]c(=O)c32)ccc1OCc1ccc(Cl)cc1Cl. The summed E-state index contributed by atoms with van der Waals surface area (Å²) < 4.78 is 11.6. The number of rotatable bonds is 6. The van der Waals surface area contributed by atoms with E-state index in [9.17, 15) is 9.59 Å². The van der Waals surface area contributed by atoms with E-state index in [4.69, 9.17) is 32.7 Å². The molecule has 0 bridgehead atoms. The Morgan fingerprint density at radius 3 is 2.47 bits per heavy atom. The van der Waals surface area contributed by atoms with E-state index in [1.54, 1.807) is 31.4 Å². The fourth-order valence-electron chi connectivity index (χ4n) is 4.16. The molecule has 0 fully saturated rings. The van der Waals surface area contributed by atoms with Crippen LogP contribution in [0.4, 0.5) is 5.82 Å². The molecule has 1 aromatic heterocycles. The summed E-state index contributed by atoms with van der Waals surface area (Å²) in [6.07, 6.45) is 1.95. The molecule has 0 spiro atoms. The van der Waals surface area contributed by atoms with Gasteiger partial charge in [-0.05, 0) is 41.5 Å². The van der Waals surface area contributed by atoms with Crippen molar-refractivity contribution in [3.8, 4) is 11.5 Å². The van der Waals surface area contributed by atoms with E-state index in [0.717, 1.165) is 22.4 Å². The monoisotopic (exact) mass is 521 g/mol. The second-order valence-electron chi connectivity index (χ2n) is 8.18. The van der Waals surface area contributed by atoms with Crippen LogP contribution >= 0.6 is 23.2 Å². The smallest absolute Gasteiger partial charge is 0.327 e. The molecule has 3 N–H and O–H groups in total. The first-order chi connectivity index (χ1) is 17.4. The van der Waals surface area contributed by atoms with Gasteiger partial charge in [-0.2, -0.15) is 0 Å². The van der Waals surface area contributed by atoms with Crippen LogP contribution in [0.3, 0.4) is 0 Å². The Morgan fingerprint density at radius 1 is 0.917 bits per heavy atom. The highest BCUT2D eigenvalue weighted by atomic mass is 35.5. The number of ether oxygens (including phenoxy) is 2. The van der Waals surface area contributed by atoms with Crippen LogP contribution in [0.5, 0.6) is 11.5 Å². The first-order valence-corrected chi connectivity index (χ1v) is 11.8. The predicted molar refractivity (Wildman–Crippen MR) is 141 cm³/mol. The van der Waals surface area contributed by atoms with Gasteiger partial charge in [0.25, 0.3) is 5.56 Å². The van der Waals surface area contributed by atoms with Gasteiger partial charge in [0.1, 0.15) is 12.4 Å². The summed E-state index contributed by atoms with van der Waals surface area (Å²) in [5.74, 6) is 0.912. The van der Waals surface area contributed by atoms with Crippen LogP contribution in [0.15, 0.2) is 82.4 Å². The number of hydrogen-bond donors (Lipinski definition) is 3. The predicted octanol–water partition coefficient (Wildman–Crippen LogP) is 5.56. The zero-order valence-corrected chi connectivity index (χ0v) is 20.6. The van der Waals surface area contributed by atoms with Crippen LogP contribution in [0, 0.1) is 0 Å². The lowest BCUT2D eigenvalue weighted by molar-refractivity contribution is 0.284. The molecule has 1 aliphatic rings. The molecule has 1 aliphatic heterocycles. The molecular formula is C27H21Cl2N3O4. The molecule has 1 atom stereocenters. The van der Waals surface area contributed by atoms with Crippen LogP contribution in [-0.4, -0.2) is 17.1 Å². The molecule has 5 rings (SSSR count). The summed E-state index contributed by atoms with van der Waals surface area (Å²) in [6, 6.07) is 20.4. The van der Waals surface area contributed by atoms with Gasteiger partial charge in [0.05, 0.1) is 12.7 Å². The first kappa shape index (κ1) is 23.8. The lowest BCUT2D eigenvalue weighted by Crippen LogP contribution is -2.31. The van der Waals surface area contributed by atoms with Gasteiger partial charge >= 0.3 is 5.69 Å². The van der Waals surface area contributed by atoms with Crippen molar-refractivity contribution in [3.05, 3.63) is 126 Å². The van der Waals surface area contributed by atoms with Gasteiger partial charge in [0.15, 0.2) is 11.5 Å². The second-order valence-corrected chi connectivity index (χ2v) is 9.02. The average Bonchev–Trinajstić information content (AvgIpc) is 2.87. The number of aromatic amines is 2. The normalized spacial score (nSPS) is 14.4. The van der Waals surface area contributed by atoms with Crippen molar-refractivity contribution in [1.82, 2.24) is 9.97 Å². The Balaban J connectivity index is 1.53.